The summed E-state index contributed by atoms with van der Waals surface area (Å²) in [5.41, 5.74) is 2.66. The van der Waals surface area contributed by atoms with Crippen molar-refractivity contribution in [2.45, 2.75) is 110 Å². The van der Waals surface area contributed by atoms with Gasteiger partial charge in [-0.2, -0.15) is 17.6 Å². The van der Waals surface area contributed by atoms with Crippen molar-refractivity contribution >= 4 is 118 Å². The summed E-state index contributed by atoms with van der Waals surface area (Å²) in [6, 6.07) is 24.5. The number of alkyl halides is 3. The molecule has 9 aromatic rings. The lowest BCUT2D eigenvalue weighted by molar-refractivity contribution is -0.140. The van der Waals surface area contributed by atoms with Crippen molar-refractivity contribution in [1.82, 2.24) is 54.5 Å². The van der Waals surface area contributed by atoms with Crippen LogP contribution in [0.3, 0.4) is 0 Å². The van der Waals surface area contributed by atoms with Crippen molar-refractivity contribution in [1.29, 1.82) is 0 Å². The number of piperazine rings is 4. The van der Waals surface area contributed by atoms with Crippen molar-refractivity contribution in [3.05, 3.63) is 151 Å². The largest absolute Gasteiger partial charge is 0.405 e. The highest BCUT2D eigenvalue weighted by Gasteiger charge is 2.39. The summed E-state index contributed by atoms with van der Waals surface area (Å²) in [7, 11) is 0. The van der Waals surface area contributed by atoms with E-state index in [1.807, 2.05) is 145 Å². The number of amides is 5. The first-order valence-electron chi connectivity index (χ1n) is 38.7. The molecule has 4 fully saturated rings. The van der Waals surface area contributed by atoms with Crippen LogP contribution in [0.4, 0.5) is 53.9 Å². The summed E-state index contributed by atoms with van der Waals surface area (Å²) in [5, 5.41) is 4.29. The number of thiazole rings is 4. The van der Waals surface area contributed by atoms with Crippen molar-refractivity contribution in [2.24, 2.45) is 27.1 Å². The van der Waals surface area contributed by atoms with Gasteiger partial charge in [0.25, 0.3) is 0 Å². The lowest BCUT2D eigenvalue weighted by Gasteiger charge is -2.40. The molecule has 116 heavy (non-hydrogen) atoms. The number of carbonyl (C=O) groups excluding carboxylic acids is 5. The maximum absolute atomic E-state index is 13.9. The standard InChI is InChI=1S/C18H22FN3OS.C17H21ClN4OS.C17H21FN4OS.C17H22N4OS.C15H19F3N2O/c1-18(2,3)16(23)21-8-10-22(11-9-21)17-20-12-15(24-17)13-6-4-5-7-14(13)19;2*1-17(2,3)15(23)21-6-8-22(9-7-21)16-20-11-13(24-16)12-4-5-19-14(18)10-12;1-17(2,3)15(22)20-8-10-21(11-9-20)16-19-12-14(23-16)13-4-6-18-7-5-13;1-14(2,3)13(21)20-9-8-19(10-15(16,17)18)11-6-4-5-7-12(11)20/h4-7,12H,8-11H2,1-3H3;2*4-5,10-11H,6-9H2,1-3H3;4-7,12H,8-11H2,1-3H3;4-7H,8-10H2,1-3H3. The Morgan fingerprint density at radius 3 is 1.08 bits per heavy atom. The number of nitrogens with zero attached hydrogens (tertiary/aromatic N) is 17. The Balaban J connectivity index is 0.000000153. The molecule has 2 aromatic carbocycles. The maximum Gasteiger partial charge on any atom is 0.405 e. The number of fused-ring (bicyclic) bond motifs is 1. The number of aromatic nitrogens is 7. The maximum atomic E-state index is 13.9. The second-order valence-corrected chi connectivity index (χ2v) is 38.3. The average Bonchev–Trinajstić information content (AvgIpc) is 0.967. The summed E-state index contributed by atoms with van der Waals surface area (Å²) < 4.78 is 65.1. The second kappa shape index (κ2) is 38.0. The Morgan fingerprint density at radius 2 is 0.707 bits per heavy atom. The van der Waals surface area contributed by atoms with E-state index in [9.17, 15) is 45.9 Å². The van der Waals surface area contributed by atoms with Gasteiger partial charge >= 0.3 is 6.18 Å². The van der Waals surface area contributed by atoms with E-state index in [0.717, 1.165) is 135 Å². The first-order valence-corrected chi connectivity index (χ1v) is 42.4. The molecule has 12 heterocycles. The van der Waals surface area contributed by atoms with Crippen LogP contribution in [0.15, 0.2) is 135 Å². The van der Waals surface area contributed by atoms with E-state index in [0.29, 0.717) is 48.3 Å². The fraction of sp³-hybridized carbons (Fsp3) is 0.476. The number of rotatable bonds is 9. The summed E-state index contributed by atoms with van der Waals surface area (Å²) in [6.07, 6.45) is 9.78. The number of anilines is 6. The zero-order valence-electron chi connectivity index (χ0n) is 68.7. The predicted molar refractivity (Wildman–Crippen MR) is 458 cm³/mol. The molecule has 5 aliphatic heterocycles. The number of carbonyl (C=O) groups is 5. The van der Waals surface area contributed by atoms with E-state index >= 15 is 0 Å². The highest BCUT2D eigenvalue weighted by molar-refractivity contribution is 7.20. The minimum atomic E-state index is -4.26. The number of halogens is 6. The van der Waals surface area contributed by atoms with Gasteiger partial charge in [-0.05, 0) is 65.2 Å². The quantitative estimate of drug-likeness (QED) is 0.0972. The molecular formula is C84H105ClF5N17O5S4. The number of pyridine rings is 3. The third kappa shape index (κ3) is 24.0. The van der Waals surface area contributed by atoms with E-state index in [4.69, 9.17) is 11.6 Å². The number of para-hydroxylation sites is 2. The van der Waals surface area contributed by atoms with Gasteiger partial charge in [-0.1, -0.05) is 191 Å². The van der Waals surface area contributed by atoms with E-state index in [-0.39, 0.29) is 70.1 Å². The predicted octanol–water partition coefficient (Wildman–Crippen LogP) is 16.6. The van der Waals surface area contributed by atoms with Gasteiger partial charge in [0.05, 0.1) is 30.9 Å². The number of hydrogen-bond acceptors (Lipinski definition) is 21. The van der Waals surface area contributed by atoms with Crippen LogP contribution in [-0.4, -0.2) is 215 Å². The van der Waals surface area contributed by atoms with Crippen LogP contribution in [-0.2, 0) is 24.0 Å². The minimum absolute atomic E-state index is 0.0818. The molecule has 7 aromatic heterocycles. The second-order valence-electron chi connectivity index (χ2n) is 33.8. The Hall–Kier alpha value is -9.30. The summed E-state index contributed by atoms with van der Waals surface area (Å²) in [6.45, 7) is 40.5. The number of benzene rings is 2. The van der Waals surface area contributed by atoms with Gasteiger partial charge in [-0.25, -0.2) is 34.3 Å². The third-order valence-corrected chi connectivity index (χ3v) is 24.0. The number of hydrogen-bond donors (Lipinski definition) is 0. The van der Waals surface area contributed by atoms with Crippen LogP contribution < -0.4 is 29.4 Å². The molecule has 4 saturated heterocycles. The Kier molecular flexibility index (Phi) is 29.1. The van der Waals surface area contributed by atoms with Crippen molar-refractivity contribution < 1.29 is 45.9 Å². The topological polar surface area (TPSA) is 208 Å². The zero-order chi connectivity index (χ0) is 84.2. The van der Waals surface area contributed by atoms with Crippen LogP contribution in [0.2, 0.25) is 5.15 Å². The van der Waals surface area contributed by atoms with Gasteiger partial charge < -0.3 is 49.0 Å². The average molecular weight is 1690 g/mol. The van der Waals surface area contributed by atoms with Crippen LogP contribution >= 0.6 is 56.9 Å². The van der Waals surface area contributed by atoms with Gasteiger partial charge in [0.2, 0.25) is 35.5 Å². The first kappa shape index (κ1) is 89.1. The van der Waals surface area contributed by atoms with E-state index in [1.165, 1.54) is 45.9 Å². The molecular weight excluding hydrogens is 1590 g/mol. The lowest BCUT2D eigenvalue weighted by Crippen LogP contribution is -2.51. The van der Waals surface area contributed by atoms with Gasteiger partial charge in [-0.3, -0.25) is 29.0 Å². The van der Waals surface area contributed by atoms with E-state index < -0.39 is 24.1 Å². The van der Waals surface area contributed by atoms with E-state index in [1.54, 1.807) is 122 Å². The van der Waals surface area contributed by atoms with Crippen LogP contribution in [0, 0.1) is 38.8 Å². The van der Waals surface area contributed by atoms with Crippen molar-refractivity contribution in [3.63, 3.8) is 0 Å². The molecule has 0 atom stereocenters. The summed E-state index contributed by atoms with van der Waals surface area (Å²) in [4.78, 5) is 115. The van der Waals surface area contributed by atoms with Crippen LogP contribution in [0.25, 0.3) is 41.8 Å². The molecule has 32 heteroatoms. The molecule has 14 rings (SSSR count). The highest BCUT2D eigenvalue weighted by atomic mass is 35.5. The van der Waals surface area contributed by atoms with Gasteiger partial charge in [-0.15, -0.1) is 0 Å². The molecule has 22 nitrogen and oxygen atoms in total. The SMILES string of the molecule is CC(C)(C)C(=O)N1CCN(CC(F)(F)F)c2ccccc21.CC(C)(C)C(=O)N1CCN(c2ncc(-c3ccccc3F)s2)CC1.CC(C)(C)C(=O)N1CCN(c2ncc(-c3ccnc(Cl)c3)s2)CC1.CC(C)(C)C(=O)N1CCN(c2ncc(-c3ccnc(F)c3)s2)CC1.CC(C)(C)C(=O)N1CCN(c2ncc(-c3ccncc3)s2)CC1. The van der Waals surface area contributed by atoms with Crippen molar-refractivity contribution in [2.75, 3.05) is 154 Å². The van der Waals surface area contributed by atoms with E-state index in [2.05, 4.69) is 54.5 Å². The third-order valence-electron chi connectivity index (χ3n) is 19.4. The summed E-state index contributed by atoms with van der Waals surface area (Å²) in [5.74, 6) is 0.0244. The van der Waals surface area contributed by atoms with Gasteiger partial charge in [0.1, 0.15) is 17.5 Å². The Morgan fingerprint density at radius 1 is 0.371 bits per heavy atom. The minimum Gasteiger partial charge on any atom is -0.359 e. The van der Waals surface area contributed by atoms with Gasteiger partial charge in [0.15, 0.2) is 20.5 Å². The fourth-order valence-electron chi connectivity index (χ4n) is 13.2. The summed E-state index contributed by atoms with van der Waals surface area (Å²) >= 11 is 12.3. The molecule has 622 valence electrons. The first-order chi connectivity index (χ1) is 54.6. The molecule has 0 aliphatic carbocycles. The Labute approximate surface area is 698 Å². The monoisotopic (exact) mass is 1690 g/mol. The lowest BCUT2D eigenvalue weighted by atomic mass is 9.93. The van der Waals surface area contributed by atoms with Crippen LogP contribution in [0.1, 0.15) is 104 Å². The molecule has 5 amide bonds. The zero-order valence-corrected chi connectivity index (χ0v) is 72.7. The molecule has 0 unspecified atom stereocenters. The fourth-order valence-corrected chi connectivity index (χ4v) is 17.2. The van der Waals surface area contributed by atoms with Crippen LogP contribution in [0.5, 0.6) is 0 Å². The molecule has 0 spiro atoms. The molecule has 0 radical (unpaired) electrons. The molecule has 0 bridgehead atoms. The Bertz CT molecular complexity index is 4660. The molecule has 5 aliphatic rings. The smallest absolute Gasteiger partial charge is 0.359 e. The molecule has 0 saturated carbocycles. The molecule has 0 N–H and O–H groups in total. The normalized spacial score (nSPS) is 15.7. The van der Waals surface area contributed by atoms with Gasteiger partial charge in [0, 0.05) is 206 Å². The highest BCUT2D eigenvalue weighted by Crippen LogP contribution is 2.40. The van der Waals surface area contributed by atoms with Crippen molar-refractivity contribution in [3.8, 4) is 41.8 Å².